The second-order valence-electron chi connectivity index (χ2n) is 8.59. The number of primary amides is 1. The number of aromatic nitrogens is 3. The molecular formula is C26H27N5O. The summed E-state index contributed by atoms with van der Waals surface area (Å²) in [6.45, 7) is 4.96. The Bertz CT molecular complexity index is 1310. The Hall–Kier alpha value is -3.67. The van der Waals surface area contributed by atoms with Gasteiger partial charge in [-0.05, 0) is 55.9 Å². The number of benzene rings is 2. The van der Waals surface area contributed by atoms with Gasteiger partial charge in [0.05, 0.1) is 11.2 Å². The van der Waals surface area contributed by atoms with Gasteiger partial charge < -0.3 is 11.1 Å². The van der Waals surface area contributed by atoms with Crippen LogP contribution < -0.4 is 11.1 Å². The number of nitrogens with one attached hydrogen (secondary N) is 1. The first kappa shape index (κ1) is 20.2. The third-order valence-electron chi connectivity index (χ3n) is 6.35. The van der Waals surface area contributed by atoms with Crippen LogP contribution in [0.25, 0.3) is 16.9 Å². The first-order valence-electron chi connectivity index (χ1n) is 11.1. The molecule has 1 aliphatic carbocycles. The van der Waals surface area contributed by atoms with Crippen LogP contribution in [-0.4, -0.2) is 20.4 Å². The summed E-state index contributed by atoms with van der Waals surface area (Å²) in [4.78, 5) is 22.0. The van der Waals surface area contributed by atoms with Crippen molar-refractivity contribution >= 4 is 22.6 Å². The maximum absolute atomic E-state index is 11.9. The minimum absolute atomic E-state index is 0.412. The van der Waals surface area contributed by atoms with Crippen molar-refractivity contribution in [2.75, 3.05) is 5.32 Å². The molecule has 6 nitrogen and oxygen atoms in total. The highest BCUT2D eigenvalue weighted by atomic mass is 16.1. The van der Waals surface area contributed by atoms with E-state index < -0.39 is 5.91 Å². The molecule has 1 atom stereocenters. The standard InChI is InChI=1S/C26H27N5O/c1-16-8-6-12-21-23(16)25(28-15-18-9-4-3-5-10-18)30-26(29-21)31-17(2)14-20-19(24(27)32)11-7-13-22(20)31/h3-5,7,9-11,13-14,16H,6,8,12,15H2,1-2H3,(H2,27,32)(H,28,29,30). The number of anilines is 1. The first-order valence-corrected chi connectivity index (χ1v) is 11.1. The minimum atomic E-state index is -0.432. The van der Waals surface area contributed by atoms with Crippen molar-refractivity contribution in [3.8, 4) is 5.95 Å². The van der Waals surface area contributed by atoms with Gasteiger partial charge in [-0.1, -0.05) is 43.3 Å². The molecule has 1 aliphatic rings. The van der Waals surface area contributed by atoms with E-state index in [1.165, 1.54) is 11.1 Å². The summed E-state index contributed by atoms with van der Waals surface area (Å²) >= 11 is 0. The molecule has 6 heteroatoms. The van der Waals surface area contributed by atoms with Crippen LogP contribution in [0.15, 0.2) is 54.6 Å². The zero-order chi connectivity index (χ0) is 22.2. The molecule has 1 amide bonds. The van der Waals surface area contributed by atoms with Crippen LogP contribution in [0.2, 0.25) is 0 Å². The topological polar surface area (TPSA) is 85.8 Å². The Kier molecular flexibility index (Phi) is 5.13. The molecule has 0 aliphatic heterocycles. The molecule has 2 aromatic heterocycles. The lowest BCUT2D eigenvalue weighted by Gasteiger charge is -2.25. The molecule has 0 fully saturated rings. The molecule has 0 radical (unpaired) electrons. The number of carbonyl (C=O) groups is 1. The summed E-state index contributed by atoms with van der Waals surface area (Å²) in [5.41, 5.74) is 11.5. The highest BCUT2D eigenvalue weighted by molar-refractivity contribution is 6.06. The average Bonchev–Trinajstić information content (AvgIpc) is 3.13. The lowest BCUT2D eigenvalue weighted by Crippen LogP contribution is -2.18. The maximum atomic E-state index is 11.9. The number of amides is 1. The quantitative estimate of drug-likeness (QED) is 0.477. The van der Waals surface area contributed by atoms with Crippen molar-refractivity contribution in [2.45, 2.75) is 45.6 Å². The van der Waals surface area contributed by atoms with Crippen LogP contribution in [-0.2, 0) is 13.0 Å². The van der Waals surface area contributed by atoms with Crippen LogP contribution in [0.1, 0.15) is 58.6 Å². The van der Waals surface area contributed by atoms with Crippen molar-refractivity contribution in [1.29, 1.82) is 0 Å². The van der Waals surface area contributed by atoms with Gasteiger partial charge in [0.1, 0.15) is 5.82 Å². The van der Waals surface area contributed by atoms with Crippen molar-refractivity contribution in [3.05, 3.63) is 82.7 Å². The summed E-state index contributed by atoms with van der Waals surface area (Å²) < 4.78 is 2.02. The van der Waals surface area contributed by atoms with Gasteiger partial charge in [-0.3, -0.25) is 9.36 Å². The third kappa shape index (κ3) is 3.51. The van der Waals surface area contributed by atoms with Gasteiger partial charge in [-0.25, -0.2) is 4.98 Å². The van der Waals surface area contributed by atoms with E-state index in [4.69, 9.17) is 15.7 Å². The predicted molar refractivity (Wildman–Crippen MR) is 127 cm³/mol. The van der Waals surface area contributed by atoms with E-state index in [-0.39, 0.29) is 0 Å². The van der Waals surface area contributed by atoms with Crippen LogP contribution in [0, 0.1) is 6.92 Å². The number of hydrogen-bond acceptors (Lipinski definition) is 4. The minimum Gasteiger partial charge on any atom is -0.366 e. The van der Waals surface area contributed by atoms with E-state index in [0.717, 1.165) is 47.4 Å². The molecule has 0 saturated carbocycles. The number of aryl methyl sites for hydroxylation is 2. The number of hydrogen-bond donors (Lipinski definition) is 2. The number of carbonyl (C=O) groups excluding carboxylic acids is 1. The smallest absolute Gasteiger partial charge is 0.249 e. The van der Waals surface area contributed by atoms with E-state index in [9.17, 15) is 4.79 Å². The van der Waals surface area contributed by atoms with E-state index in [0.29, 0.717) is 24.0 Å². The van der Waals surface area contributed by atoms with Gasteiger partial charge in [-0.2, -0.15) is 4.98 Å². The Morgan fingerprint density at radius 2 is 1.97 bits per heavy atom. The molecule has 3 N–H and O–H groups in total. The monoisotopic (exact) mass is 425 g/mol. The van der Waals surface area contributed by atoms with Gasteiger partial charge in [-0.15, -0.1) is 0 Å². The van der Waals surface area contributed by atoms with Crippen LogP contribution in [0.5, 0.6) is 0 Å². The van der Waals surface area contributed by atoms with Gasteiger partial charge in [0.25, 0.3) is 0 Å². The molecule has 0 bridgehead atoms. The summed E-state index contributed by atoms with van der Waals surface area (Å²) in [6, 6.07) is 17.9. The van der Waals surface area contributed by atoms with E-state index in [1.54, 1.807) is 6.07 Å². The normalized spacial score (nSPS) is 15.5. The molecule has 2 aromatic carbocycles. The Morgan fingerprint density at radius 3 is 2.75 bits per heavy atom. The zero-order valence-corrected chi connectivity index (χ0v) is 18.4. The van der Waals surface area contributed by atoms with E-state index >= 15 is 0 Å². The van der Waals surface area contributed by atoms with Crippen molar-refractivity contribution < 1.29 is 4.79 Å². The van der Waals surface area contributed by atoms with Crippen LogP contribution >= 0.6 is 0 Å². The second kappa shape index (κ2) is 8.11. The lowest BCUT2D eigenvalue weighted by molar-refractivity contribution is 0.100. The van der Waals surface area contributed by atoms with Crippen LogP contribution in [0.3, 0.4) is 0 Å². The van der Waals surface area contributed by atoms with Gasteiger partial charge in [0, 0.05) is 28.8 Å². The Labute approximate surface area is 187 Å². The Morgan fingerprint density at radius 1 is 1.16 bits per heavy atom. The number of rotatable bonds is 5. The molecule has 2 heterocycles. The maximum Gasteiger partial charge on any atom is 0.249 e. The van der Waals surface area contributed by atoms with E-state index in [1.807, 2.05) is 47.9 Å². The largest absolute Gasteiger partial charge is 0.366 e. The molecule has 5 rings (SSSR count). The van der Waals surface area contributed by atoms with Crippen molar-refractivity contribution in [1.82, 2.24) is 14.5 Å². The van der Waals surface area contributed by atoms with Gasteiger partial charge in [0.2, 0.25) is 11.9 Å². The highest BCUT2D eigenvalue weighted by Gasteiger charge is 2.25. The van der Waals surface area contributed by atoms with Crippen molar-refractivity contribution in [3.63, 3.8) is 0 Å². The molecular weight excluding hydrogens is 398 g/mol. The summed E-state index contributed by atoms with van der Waals surface area (Å²) in [6.07, 6.45) is 3.21. The second-order valence-corrected chi connectivity index (χ2v) is 8.59. The molecule has 0 spiro atoms. The zero-order valence-electron chi connectivity index (χ0n) is 18.4. The first-order chi connectivity index (χ1) is 15.5. The molecule has 1 unspecified atom stereocenters. The highest BCUT2D eigenvalue weighted by Crippen LogP contribution is 2.36. The number of fused-ring (bicyclic) bond motifs is 2. The van der Waals surface area contributed by atoms with E-state index in [2.05, 4.69) is 24.4 Å². The average molecular weight is 426 g/mol. The van der Waals surface area contributed by atoms with Crippen molar-refractivity contribution in [2.24, 2.45) is 5.73 Å². The molecule has 0 saturated heterocycles. The number of nitrogens with zero attached hydrogens (tertiary/aromatic N) is 3. The number of nitrogens with two attached hydrogens (primary N) is 1. The summed E-state index contributed by atoms with van der Waals surface area (Å²) in [5, 5.41) is 4.41. The molecule has 32 heavy (non-hydrogen) atoms. The summed E-state index contributed by atoms with van der Waals surface area (Å²) in [5.74, 6) is 1.50. The van der Waals surface area contributed by atoms with Crippen LogP contribution in [0.4, 0.5) is 5.82 Å². The fourth-order valence-corrected chi connectivity index (χ4v) is 4.79. The third-order valence-corrected chi connectivity index (χ3v) is 6.35. The lowest BCUT2D eigenvalue weighted by atomic mass is 9.87. The van der Waals surface area contributed by atoms with Gasteiger partial charge in [0.15, 0.2) is 0 Å². The SMILES string of the molecule is Cc1cc2c(C(N)=O)cccc2n1-c1nc2c(c(NCc3ccccc3)n1)C(C)CCC2. The summed E-state index contributed by atoms with van der Waals surface area (Å²) in [7, 11) is 0. The fourth-order valence-electron chi connectivity index (χ4n) is 4.79. The fraction of sp³-hybridized carbons (Fsp3) is 0.269. The molecule has 4 aromatic rings. The molecule has 162 valence electrons. The van der Waals surface area contributed by atoms with Gasteiger partial charge >= 0.3 is 0 Å². The predicted octanol–water partition coefficient (Wildman–Crippen LogP) is 4.88. The Balaban J connectivity index is 1.65.